The zero-order valence-corrected chi connectivity index (χ0v) is 9.02. The molecule has 78 valence electrons. The number of nitrogens with two attached hydrogens (primary N) is 1. The predicted molar refractivity (Wildman–Crippen MR) is 55.4 cm³/mol. The van der Waals surface area contributed by atoms with E-state index in [1.165, 1.54) is 0 Å². The molecule has 0 saturated heterocycles. The van der Waals surface area contributed by atoms with Gasteiger partial charge >= 0.3 is 0 Å². The molecule has 0 aliphatic heterocycles. The first-order chi connectivity index (χ1) is 6.08. The molecule has 0 rings (SSSR count). The first-order valence-electron chi connectivity index (χ1n) is 5.09. The number of hydrogen-bond acceptors (Lipinski definition) is 2. The van der Waals surface area contributed by atoms with Gasteiger partial charge < -0.3 is 11.1 Å². The van der Waals surface area contributed by atoms with E-state index in [4.69, 9.17) is 5.73 Å². The molecule has 0 bridgehead atoms. The number of hydrogen-bond donors (Lipinski definition) is 2. The van der Waals surface area contributed by atoms with Crippen LogP contribution in [0.25, 0.3) is 0 Å². The summed E-state index contributed by atoms with van der Waals surface area (Å²) in [7, 11) is 0. The molecule has 13 heavy (non-hydrogen) atoms. The second-order valence-electron chi connectivity index (χ2n) is 3.75. The predicted octanol–water partition coefficient (Wildman–Crippen LogP) is 1.42. The molecule has 0 aromatic rings. The van der Waals surface area contributed by atoms with Gasteiger partial charge in [0, 0.05) is 12.0 Å². The van der Waals surface area contributed by atoms with Gasteiger partial charge in [0.25, 0.3) is 0 Å². The summed E-state index contributed by atoms with van der Waals surface area (Å²) >= 11 is 0. The molecule has 0 aliphatic carbocycles. The number of carbonyl (C=O) groups is 1. The molecule has 0 aromatic carbocycles. The Morgan fingerprint density at radius 2 is 2.08 bits per heavy atom. The van der Waals surface area contributed by atoms with Crippen LogP contribution in [0.4, 0.5) is 0 Å². The summed E-state index contributed by atoms with van der Waals surface area (Å²) in [5.41, 5.74) is 5.38. The lowest BCUT2D eigenvalue weighted by atomic mass is 9.94. The van der Waals surface area contributed by atoms with Gasteiger partial charge in [-0.3, -0.25) is 4.79 Å². The van der Waals surface area contributed by atoms with Crippen LogP contribution >= 0.6 is 0 Å². The van der Waals surface area contributed by atoms with Crippen LogP contribution in [-0.4, -0.2) is 18.0 Å². The van der Waals surface area contributed by atoms with Crippen LogP contribution in [-0.2, 0) is 4.79 Å². The van der Waals surface area contributed by atoms with Gasteiger partial charge in [0.05, 0.1) is 0 Å². The summed E-state index contributed by atoms with van der Waals surface area (Å²) in [5.74, 6) is 0.139. The van der Waals surface area contributed by atoms with E-state index < -0.39 is 0 Å². The molecule has 0 fully saturated rings. The fourth-order valence-electron chi connectivity index (χ4n) is 1.27. The van der Waals surface area contributed by atoms with Gasteiger partial charge in [-0.05, 0) is 32.7 Å². The normalized spacial score (nSPS) is 15.1. The van der Waals surface area contributed by atoms with Crippen molar-refractivity contribution in [3.05, 3.63) is 0 Å². The lowest BCUT2D eigenvalue weighted by Crippen LogP contribution is -2.46. The molecule has 0 aliphatic rings. The highest BCUT2D eigenvalue weighted by Gasteiger charge is 2.22. The van der Waals surface area contributed by atoms with Crippen molar-refractivity contribution >= 4 is 5.91 Å². The maximum atomic E-state index is 11.3. The monoisotopic (exact) mass is 186 g/mol. The fourth-order valence-corrected chi connectivity index (χ4v) is 1.27. The summed E-state index contributed by atoms with van der Waals surface area (Å²) in [6, 6.07) is 0. The second-order valence-corrected chi connectivity index (χ2v) is 3.75. The lowest BCUT2D eigenvalue weighted by molar-refractivity contribution is -0.123. The van der Waals surface area contributed by atoms with Crippen molar-refractivity contribution in [3.8, 4) is 0 Å². The number of rotatable bonds is 6. The molecule has 1 unspecified atom stereocenters. The van der Waals surface area contributed by atoms with Gasteiger partial charge in [0.15, 0.2) is 0 Å². The smallest absolute Gasteiger partial charge is 0.220 e. The Hall–Kier alpha value is -0.570. The van der Waals surface area contributed by atoms with E-state index >= 15 is 0 Å². The van der Waals surface area contributed by atoms with E-state index in [1.54, 1.807) is 0 Å². The average Bonchev–Trinajstić information content (AvgIpc) is 2.05. The van der Waals surface area contributed by atoms with Gasteiger partial charge in [-0.2, -0.15) is 0 Å². The maximum Gasteiger partial charge on any atom is 0.220 e. The quantitative estimate of drug-likeness (QED) is 0.659. The molecule has 3 nitrogen and oxygen atoms in total. The Morgan fingerprint density at radius 3 is 2.46 bits per heavy atom. The van der Waals surface area contributed by atoms with E-state index in [9.17, 15) is 4.79 Å². The largest absolute Gasteiger partial charge is 0.351 e. The van der Waals surface area contributed by atoms with E-state index in [-0.39, 0.29) is 11.4 Å². The Morgan fingerprint density at radius 1 is 1.46 bits per heavy atom. The third-order valence-electron chi connectivity index (χ3n) is 2.39. The van der Waals surface area contributed by atoms with Crippen LogP contribution in [0.3, 0.4) is 0 Å². The minimum atomic E-state index is -0.110. The van der Waals surface area contributed by atoms with Crippen LogP contribution in [0.1, 0.15) is 46.5 Å². The molecule has 0 heterocycles. The van der Waals surface area contributed by atoms with E-state index in [0.29, 0.717) is 13.0 Å². The maximum absolute atomic E-state index is 11.3. The molecule has 0 radical (unpaired) electrons. The highest BCUT2D eigenvalue weighted by atomic mass is 16.1. The average molecular weight is 186 g/mol. The third-order valence-corrected chi connectivity index (χ3v) is 2.39. The van der Waals surface area contributed by atoms with Gasteiger partial charge in [0.2, 0.25) is 5.91 Å². The van der Waals surface area contributed by atoms with Crippen molar-refractivity contribution in [2.24, 2.45) is 5.73 Å². The van der Waals surface area contributed by atoms with Gasteiger partial charge in [-0.25, -0.2) is 0 Å². The molecule has 0 saturated carbocycles. The molecule has 3 N–H and O–H groups in total. The summed E-state index contributed by atoms with van der Waals surface area (Å²) in [5, 5.41) is 3.03. The molecule has 3 heteroatoms. The first kappa shape index (κ1) is 12.4. The second kappa shape index (κ2) is 5.97. The van der Waals surface area contributed by atoms with Crippen molar-refractivity contribution < 1.29 is 4.79 Å². The van der Waals surface area contributed by atoms with E-state index in [2.05, 4.69) is 12.2 Å². The topological polar surface area (TPSA) is 55.1 Å². The summed E-state index contributed by atoms with van der Waals surface area (Å²) < 4.78 is 0. The number of carbonyl (C=O) groups excluding carboxylic acids is 1. The highest BCUT2D eigenvalue weighted by Crippen LogP contribution is 2.13. The van der Waals surface area contributed by atoms with Gasteiger partial charge in [-0.15, -0.1) is 0 Å². The van der Waals surface area contributed by atoms with Crippen LogP contribution in [0.15, 0.2) is 0 Å². The van der Waals surface area contributed by atoms with Crippen molar-refractivity contribution in [1.82, 2.24) is 5.32 Å². The van der Waals surface area contributed by atoms with Crippen LogP contribution in [0.5, 0.6) is 0 Å². The molecule has 1 atom stereocenters. The van der Waals surface area contributed by atoms with Gasteiger partial charge in [0.1, 0.15) is 0 Å². The van der Waals surface area contributed by atoms with Crippen molar-refractivity contribution in [3.63, 3.8) is 0 Å². The summed E-state index contributed by atoms with van der Waals surface area (Å²) in [6.07, 6.45) is 3.28. The Labute approximate surface area is 81.1 Å². The zero-order chi connectivity index (χ0) is 10.3. The number of nitrogens with one attached hydrogen (secondary N) is 1. The molecule has 0 aromatic heterocycles. The zero-order valence-electron chi connectivity index (χ0n) is 9.02. The van der Waals surface area contributed by atoms with E-state index in [1.807, 2.05) is 13.8 Å². The molecule has 1 amide bonds. The number of amides is 1. The summed E-state index contributed by atoms with van der Waals surface area (Å²) in [6.45, 7) is 6.75. The SMILES string of the molecule is CCCC(=O)NC(C)(CC)CCN. The minimum absolute atomic E-state index is 0.110. The fraction of sp³-hybridized carbons (Fsp3) is 0.900. The molecular formula is C10H22N2O. The van der Waals surface area contributed by atoms with Crippen LogP contribution in [0.2, 0.25) is 0 Å². The molecule has 0 spiro atoms. The van der Waals surface area contributed by atoms with Crippen LogP contribution < -0.4 is 11.1 Å². The van der Waals surface area contributed by atoms with Crippen molar-refractivity contribution in [2.45, 2.75) is 52.0 Å². The first-order valence-corrected chi connectivity index (χ1v) is 5.09. The van der Waals surface area contributed by atoms with Crippen molar-refractivity contribution in [2.75, 3.05) is 6.54 Å². The highest BCUT2D eigenvalue weighted by molar-refractivity contribution is 5.76. The van der Waals surface area contributed by atoms with Crippen molar-refractivity contribution in [1.29, 1.82) is 0 Å². The minimum Gasteiger partial charge on any atom is -0.351 e. The summed E-state index contributed by atoms with van der Waals surface area (Å²) in [4.78, 5) is 11.3. The van der Waals surface area contributed by atoms with Gasteiger partial charge in [-0.1, -0.05) is 13.8 Å². The Balaban J connectivity index is 4.02. The van der Waals surface area contributed by atoms with Crippen LogP contribution in [0, 0.1) is 0 Å². The Bertz CT molecular complexity index is 159. The lowest BCUT2D eigenvalue weighted by Gasteiger charge is -2.29. The third kappa shape index (κ3) is 4.88. The van der Waals surface area contributed by atoms with E-state index in [0.717, 1.165) is 19.3 Å². The standard InChI is InChI=1S/C10H22N2O/c1-4-6-9(13)12-10(3,5-2)7-8-11/h4-8,11H2,1-3H3,(H,12,13). The molecular weight excluding hydrogens is 164 g/mol. The Kier molecular flexibility index (Phi) is 5.71.